The van der Waals surface area contributed by atoms with E-state index in [1.54, 1.807) is 0 Å². The number of nitrogens with one attached hydrogen (secondary N) is 1. The van der Waals surface area contributed by atoms with Gasteiger partial charge in [0.05, 0.1) is 0 Å². The summed E-state index contributed by atoms with van der Waals surface area (Å²) in [5, 5.41) is 2.93. The molecule has 0 atom stereocenters. The van der Waals surface area contributed by atoms with Crippen molar-refractivity contribution in [1.82, 2.24) is 0 Å². The topological polar surface area (TPSA) is 55.1 Å². The number of amides is 1. The lowest BCUT2D eigenvalue weighted by molar-refractivity contribution is -0.116. The number of benzene rings is 2. The van der Waals surface area contributed by atoms with Gasteiger partial charge in [0.2, 0.25) is 5.91 Å². The van der Waals surface area contributed by atoms with Gasteiger partial charge in [-0.1, -0.05) is 37.6 Å². The van der Waals surface area contributed by atoms with Crippen LogP contribution in [-0.2, 0) is 17.6 Å². The third-order valence-corrected chi connectivity index (χ3v) is 3.37. The van der Waals surface area contributed by atoms with Gasteiger partial charge >= 0.3 is 0 Å². The molecule has 0 fully saturated rings. The summed E-state index contributed by atoms with van der Waals surface area (Å²) in [4.78, 5) is 11.9. The molecule has 21 heavy (non-hydrogen) atoms. The first kappa shape index (κ1) is 15.1. The van der Waals surface area contributed by atoms with Gasteiger partial charge in [-0.2, -0.15) is 0 Å². The molecule has 0 aromatic heterocycles. The highest BCUT2D eigenvalue weighted by Gasteiger charge is 2.03. The van der Waals surface area contributed by atoms with E-state index < -0.39 is 0 Å². The van der Waals surface area contributed by atoms with Crippen molar-refractivity contribution in [3.63, 3.8) is 0 Å². The summed E-state index contributed by atoms with van der Waals surface area (Å²) in [6.45, 7) is 2.16. The summed E-state index contributed by atoms with van der Waals surface area (Å²) in [7, 11) is 0. The van der Waals surface area contributed by atoms with Gasteiger partial charge in [-0.05, 0) is 48.2 Å². The maximum Gasteiger partial charge on any atom is 0.224 e. The number of aryl methyl sites for hydroxylation is 2. The molecule has 0 radical (unpaired) electrons. The third-order valence-electron chi connectivity index (χ3n) is 3.37. The van der Waals surface area contributed by atoms with E-state index in [0.717, 1.165) is 29.8 Å². The first-order valence-electron chi connectivity index (χ1n) is 7.40. The second kappa shape index (κ2) is 7.48. The first-order chi connectivity index (χ1) is 10.2. The van der Waals surface area contributed by atoms with Gasteiger partial charge in [0, 0.05) is 17.8 Å². The van der Waals surface area contributed by atoms with Crippen LogP contribution in [0, 0.1) is 0 Å². The average Bonchev–Trinajstić information content (AvgIpc) is 2.48. The fraction of sp³-hybridized carbons (Fsp3) is 0.278. The Hall–Kier alpha value is -2.29. The van der Waals surface area contributed by atoms with E-state index in [1.807, 2.05) is 36.4 Å². The summed E-state index contributed by atoms with van der Waals surface area (Å²) in [6.07, 6.45) is 3.36. The van der Waals surface area contributed by atoms with Crippen molar-refractivity contribution < 1.29 is 4.79 Å². The Morgan fingerprint density at radius 1 is 1.05 bits per heavy atom. The Balaban J connectivity index is 1.84. The number of nitrogens with two attached hydrogens (primary N) is 1. The molecule has 0 spiro atoms. The van der Waals surface area contributed by atoms with Gasteiger partial charge in [0.1, 0.15) is 0 Å². The van der Waals surface area contributed by atoms with Crippen LogP contribution < -0.4 is 11.1 Å². The van der Waals surface area contributed by atoms with Crippen LogP contribution in [0.25, 0.3) is 0 Å². The molecule has 0 heterocycles. The number of hydrogen-bond donors (Lipinski definition) is 2. The molecule has 0 aliphatic carbocycles. The summed E-state index contributed by atoms with van der Waals surface area (Å²) < 4.78 is 0. The lowest BCUT2D eigenvalue weighted by Gasteiger charge is -2.07. The molecule has 110 valence electrons. The van der Waals surface area contributed by atoms with Crippen LogP contribution in [-0.4, -0.2) is 5.91 Å². The summed E-state index contributed by atoms with van der Waals surface area (Å²) in [5.41, 5.74) is 9.70. The fourth-order valence-corrected chi connectivity index (χ4v) is 2.27. The van der Waals surface area contributed by atoms with E-state index in [1.165, 1.54) is 5.56 Å². The first-order valence-corrected chi connectivity index (χ1v) is 7.40. The van der Waals surface area contributed by atoms with E-state index >= 15 is 0 Å². The van der Waals surface area contributed by atoms with Crippen LogP contribution in [0.1, 0.15) is 30.9 Å². The molecule has 2 rings (SSSR count). The van der Waals surface area contributed by atoms with Gasteiger partial charge < -0.3 is 11.1 Å². The smallest absolute Gasteiger partial charge is 0.224 e. The predicted octanol–water partition coefficient (Wildman–Crippen LogP) is 3.79. The predicted molar refractivity (Wildman–Crippen MR) is 88.2 cm³/mol. The van der Waals surface area contributed by atoms with Crippen molar-refractivity contribution in [1.29, 1.82) is 0 Å². The van der Waals surface area contributed by atoms with Crippen LogP contribution in [0.5, 0.6) is 0 Å². The van der Waals surface area contributed by atoms with Crippen LogP contribution in [0.2, 0.25) is 0 Å². The number of nitrogen functional groups attached to an aromatic ring is 1. The number of carbonyl (C=O) groups is 1. The summed E-state index contributed by atoms with van der Waals surface area (Å²) in [5.74, 6) is 0.0284. The minimum atomic E-state index is 0.0284. The Morgan fingerprint density at radius 2 is 1.81 bits per heavy atom. The molecule has 0 bridgehead atoms. The third kappa shape index (κ3) is 4.95. The Labute approximate surface area is 126 Å². The summed E-state index contributed by atoms with van der Waals surface area (Å²) in [6, 6.07) is 15.7. The lowest BCUT2D eigenvalue weighted by atomic mass is 10.1. The molecule has 2 aromatic rings. The lowest BCUT2D eigenvalue weighted by Crippen LogP contribution is -2.12. The van der Waals surface area contributed by atoms with Gasteiger partial charge in [-0.25, -0.2) is 0 Å². The fourth-order valence-electron chi connectivity index (χ4n) is 2.27. The minimum Gasteiger partial charge on any atom is -0.399 e. The highest BCUT2D eigenvalue weighted by molar-refractivity contribution is 5.90. The number of rotatable bonds is 6. The zero-order valence-electron chi connectivity index (χ0n) is 12.4. The van der Waals surface area contributed by atoms with E-state index in [9.17, 15) is 4.79 Å². The van der Waals surface area contributed by atoms with Crippen molar-refractivity contribution in [3.8, 4) is 0 Å². The maximum absolute atomic E-state index is 11.9. The molecule has 1 amide bonds. The number of anilines is 2. The van der Waals surface area contributed by atoms with E-state index in [-0.39, 0.29) is 5.91 Å². The van der Waals surface area contributed by atoms with Gasteiger partial charge in [-0.3, -0.25) is 4.79 Å². The second-order valence-electron chi connectivity index (χ2n) is 5.24. The van der Waals surface area contributed by atoms with Crippen LogP contribution in [0.4, 0.5) is 11.4 Å². The van der Waals surface area contributed by atoms with Gasteiger partial charge in [0.25, 0.3) is 0 Å². The van der Waals surface area contributed by atoms with Crippen molar-refractivity contribution in [2.24, 2.45) is 0 Å². The standard InChI is InChI=1S/C18H22N2O/c1-2-4-14-7-10-17(11-8-14)20-18(21)12-9-15-5-3-6-16(19)13-15/h3,5-8,10-11,13H,2,4,9,12,19H2,1H3,(H,20,21). The maximum atomic E-state index is 11.9. The van der Waals surface area contributed by atoms with Crippen molar-refractivity contribution >= 4 is 17.3 Å². The summed E-state index contributed by atoms with van der Waals surface area (Å²) >= 11 is 0. The molecule has 3 heteroatoms. The van der Waals surface area contributed by atoms with Crippen molar-refractivity contribution in [3.05, 3.63) is 59.7 Å². The molecule has 0 aliphatic heterocycles. The molecule has 3 N–H and O–H groups in total. The zero-order chi connectivity index (χ0) is 15.1. The highest BCUT2D eigenvalue weighted by Crippen LogP contribution is 2.13. The zero-order valence-corrected chi connectivity index (χ0v) is 12.4. The van der Waals surface area contributed by atoms with E-state index in [0.29, 0.717) is 12.8 Å². The monoisotopic (exact) mass is 282 g/mol. The molecule has 0 saturated heterocycles. The van der Waals surface area contributed by atoms with Crippen molar-refractivity contribution in [2.45, 2.75) is 32.6 Å². The van der Waals surface area contributed by atoms with Gasteiger partial charge in [-0.15, -0.1) is 0 Å². The van der Waals surface area contributed by atoms with E-state index in [2.05, 4.69) is 24.4 Å². The molecule has 0 saturated carbocycles. The normalized spacial score (nSPS) is 10.3. The second-order valence-corrected chi connectivity index (χ2v) is 5.24. The molecule has 2 aromatic carbocycles. The van der Waals surface area contributed by atoms with Crippen LogP contribution >= 0.6 is 0 Å². The van der Waals surface area contributed by atoms with Gasteiger partial charge in [0.15, 0.2) is 0 Å². The Kier molecular flexibility index (Phi) is 5.38. The average molecular weight is 282 g/mol. The van der Waals surface area contributed by atoms with Crippen molar-refractivity contribution in [2.75, 3.05) is 11.1 Å². The molecule has 0 aliphatic rings. The molecule has 3 nitrogen and oxygen atoms in total. The Morgan fingerprint density at radius 3 is 2.48 bits per heavy atom. The quantitative estimate of drug-likeness (QED) is 0.792. The Bertz CT molecular complexity index is 590. The molecular weight excluding hydrogens is 260 g/mol. The molecule has 0 unspecified atom stereocenters. The number of carbonyl (C=O) groups excluding carboxylic acids is 1. The van der Waals surface area contributed by atoms with Crippen LogP contribution in [0.15, 0.2) is 48.5 Å². The minimum absolute atomic E-state index is 0.0284. The SMILES string of the molecule is CCCc1ccc(NC(=O)CCc2cccc(N)c2)cc1. The largest absolute Gasteiger partial charge is 0.399 e. The van der Waals surface area contributed by atoms with Crippen LogP contribution in [0.3, 0.4) is 0 Å². The van der Waals surface area contributed by atoms with E-state index in [4.69, 9.17) is 5.73 Å². The molecular formula is C18H22N2O. The number of hydrogen-bond acceptors (Lipinski definition) is 2. The highest BCUT2D eigenvalue weighted by atomic mass is 16.1.